The van der Waals surface area contributed by atoms with E-state index in [1.165, 1.54) is 4.90 Å². The van der Waals surface area contributed by atoms with E-state index in [0.29, 0.717) is 33.3 Å². The molecule has 7 nitrogen and oxygen atoms in total. The van der Waals surface area contributed by atoms with Crippen molar-refractivity contribution in [1.82, 2.24) is 4.98 Å². The number of rotatable bonds is 3. The van der Waals surface area contributed by atoms with Crippen molar-refractivity contribution >= 4 is 34.7 Å². The molecule has 1 atom stereocenters. The molecule has 2 aliphatic rings. The Kier molecular flexibility index (Phi) is 4.60. The number of aliphatic hydroxyl groups excluding tert-OH is 1. The van der Waals surface area contributed by atoms with Crippen molar-refractivity contribution < 1.29 is 24.2 Å². The van der Waals surface area contributed by atoms with Crippen molar-refractivity contribution in [2.75, 3.05) is 11.7 Å². The van der Waals surface area contributed by atoms with Gasteiger partial charge in [0.2, 0.25) is 6.79 Å². The second-order valence-corrected chi connectivity index (χ2v) is 7.44. The zero-order valence-electron chi connectivity index (χ0n) is 16.0. The largest absolute Gasteiger partial charge is 0.507 e. The number of benzene rings is 2. The molecule has 0 saturated carbocycles. The summed E-state index contributed by atoms with van der Waals surface area (Å²) in [5, 5.41) is 11.6. The molecule has 0 spiro atoms. The highest BCUT2D eigenvalue weighted by Gasteiger charge is 2.47. The number of carbonyl (C=O) groups excluding carboxylic acids is 2. The molecule has 1 unspecified atom stereocenters. The molecule has 1 N–H and O–H groups in total. The molecular formula is C23H15ClN2O5. The average molecular weight is 435 g/mol. The van der Waals surface area contributed by atoms with E-state index < -0.39 is 17.7 Å². The van der Waals surface area contributed by atoms with Gasteiger partial charge in [-0.3, -0.25) is 19.5 Å². The minimum absolute atomic E-state index is 0.0354. The first-order valence-electron chi connectivity index (χ1n) is 9.41. The molecule has 154 valence electrons. The fourth-order valence-electron chi connectivity index (χ4n) is 3.75. The summed E-state index contributed by atoms with van der Waals surface area (Å²) in [6, 6.07) is 14.0. The van der Waals surface area contributed by atoms with E-state index in [0.717, 1.165) is 0 Å². The second-order valence-electron chi connectivity index (χ2n) is 7.00. The fourth-order valence-corrected chi connectivity index (χ4v) is 3.88. The number of nitrogens with zero attached hydrogens (tertiary/aromatic N) is 2. The molecule has 0 radical (unpaired) electrons. The van der Waals surface area contributed by atoms with Gasteiger partial charge in [0.05, 0.1) is 11.6 Å². The lowest BCUT2D eigenvalue weighted by Crippen LogP contribution is -2.29. The summed E-state index contributed by atoms with van der Waals surface area (Å²) < 4.78 is 10.7. The van der Waals surface area contributed by atoms with Crippen LogP contribution in [0.15, 0.2) is 72.6 Å². The summed E-state index contributed by atoms with van der Waals surface area (Å²) >= 11 is 5.99. The number of amides is 1. The summed E-state index contributed by atoms with van der Waals surface area (Å²) in [6.07, 6.45) is 3.15. The van der Waals surface area contributed by atoms with E-state index in [1.54, 1.807) is 67.0 Å². The van der Waals surface area contributed by atoms with Crippen LogP contribution >= 0.6 is 11.6 Å². The Hall–Kier alpha value is -3.84. The molecule has 5 rings (SSSR count). The summed E-state index contributed by atoms with van der Waals surface area (Å²) in [7, 11) is 0. The average Bonchev–Trinajstić information content (AvgIpc) is 3.37. The molecule has 3 aromatic rings. The number of fused-ring (bicyclic) bond motifs is 1. The van der Waals surface area contributed by atoms with Gasteiger partial charge in [-0.15, -0.1) is 0 Å². The number of halogens is 1. The fraction of sp³-hybridized carbons (Fsp3) is 0.0870. The van der Waals surface area contributed by atoms with Gasteiger partial charge < -0.3 is 14.6 Å². The molecule has 0 bridgehead atoms. The van der Waals surface area contributed by atoms with E-state index in [4.69, 9.17) is 21.1 Å². The maximum atomic E-state index is 13.1. The molecule has 1 aromatic heterocycles. The van der Waals surface area contributed by atoms with Crippen molar-refractivity contribution in [3.05, 3.63) is 88.7 Å². The van der Waals surface area contributed by atoms with Crippen LogP contribution in [-0.2, 0) is 9.59 Å². The Morgan fingerprint density at radius 3 is 2.58 bits per heavy atom. The summed E-state index contributed by atoms with van der Waals surface area (Å²) in [5.74, 6) is -0.852. The van der Waals surface area contributed by atoms with Crippen molar-refractivity contribution in [1.29, 1.82) is 0 Å². The third-order valence-corrected chi connectivity index (χ3v) is 5.45. The first-order chi connectivity index (χ1) is 15.0. The number of ether oxygens (including phenoxy) is 2. The number of carbonyl (C=O) groups is 2. The zero-order chi connectivity index (χ0) is 21.5. The van der Waals surface area contributed by atoms with Gasteiger partial charge in [-0.25, -0.2) is 0 Å². The Labute approximate surface area is 182 Å². The quantitative estimate of drug-likeness (QED) is 0.379. The third kappa shape index (κ3) is 3.19. The summed E-state index contributed by atoms with van der Waals surface area (Å²) in [6.45, 7) is 0.0796. The monoisotopic (exact) mass is 434 g/mol. The van der Waals surface area contributed by atoms with Crippen LogP contribution in [-0.4, -0.2) is 28.6 Å². The van der Waals surface area contributed by atoms with Crippen LogP contribution in [0.1, 0.15) is 17.2 Å². The van der Waals surface area contributed by atoms with Crippen LogP contribution in [0.3, 0.4) is 0 Å². The maximum Gasteiger partial charge on any atom is 0.300 e. The van der Waals surface area contributed by atoms with Gasteiger partial charge in [-0.2, -0.15) is 0 Å². The molecule has 8 heteroatoms. The Morgan fingerprint density at radius 2 is 1.84 bits per heavy atom. The maximum absolute atomic E-state index is 13.1. The first-order valence-corrected chi connectivity index (χ1v) is 9.79. The molecule has 2 aliphatic heterocycles. The molecule has 0 aliphatic carbocycles. The van der Waals surface area contributed by atoms with Crippen LogP contribution in [0.2, 0.25) is 5.02 Å². The standard InChI is InChI=1S/C23H15ClN2O5/c24-15-4-6-16(7-5-15)26-20(14-2-1-9-25-11-14)19(22(28)23(26)29)21(27)13-3-8-17-18(10-13)31-12-30-17/h1-11,20,27H,12H2/b21-19-. The van der Waals surface area contributed by atoms with Gasteiger partial charge in [-0.05, 0) is 54.1 Å². The normalized spacial score (nSPS) is 19.1. The van der Waals surface area contributed by atoms with Crippen LogP contribution in [0, 0.1) is 0 Å². The summed E-state index contributed by atoms with van der Waals surface area (Å²) in [4.78, 5) is 31.6. The Morgan fingerprint density at radius 1 is 1.06 bits per heavy atom. The second kappa shape index (κ2) is 7.45. The number of ketones is 1. The smallest absolute Gasteiger partial charge is 0.300 e. The van der Waals surface area contributed by atoms with Crippen molar-refractivity contribution in [2.24, 2.45) is 0 Å². The minimum Gasteiger partial charge on any atom is -0.507 e. The lowest BCUT2D eigenvalue weighted by atomic mass is 9.96. The number of Topliss-reactive ketones (excluding diaryl/α,β-unsaturated/α-hetero) is 1. The number of hydrogen-bond acceptors (Lipinski definition) is 6. The van der Waals surface area contributed by atoms with E-state index in [9.17, 15) is 14.7 Å². The van der Waals surface area contributed by atoms with E-state index in [-0.39, 0.29) is 18.1 Å². The van der Waals surface area contributed by atoms with E-state index in [1.807, 2.05) is 0 Å². The number of hydrogen-bond donors (Lipinski definition) is 1. The minimum atomic E-state index is -0.861. The van der Waals surface area contributed by atoms with E-state index in [2.05, 4.69) is 4.98 Å². The third-order valence-electron chi connectivity index (χ3n) is 5.20. The molecule has 31 heavy (non-hydrogen) atoms. The highest BCUT2D eigenvalue weighted by Crippen LogP contribution is 2.43. The first kappa shape index (κ1) is 19.1. The van der Waals surface area contributed by atoms with Crippen LogP contribution in [0.5, 0.6) is 11.5 Å². The molecule has 2 aromatic carbocycles. The van der Waals surface area contributed by atoms with Gasteiger partial charge in [0.1, 0.15) is 5.76 Å². The van der Waals surface area contributed by atoms with Gasteiger partial charge in [0.25, 0.3) is 11.7 Å². The van der Waals surface area contributed by atoms with Gasteiger partial charge in [-0.1, -0.05) is 17.7 Å². The number of pyridine rings is 1. The lowest BCUT2D eigenvalue weighted by molar-refractivity contribution is -0.132. The SMILES string of the molecule is O=C1C(=O)N(c2ccc(Cl)cc2)C(c2cccnc2)/C1=C(/O)c1ccc2c(c1)OCO2. The van der Waals surface area contributed by atoms with Gasteiger partial charge in [0, 0.05) is 28.7 Å². The molecule has 1 saturated heterocycles. The molecule has 3 heterocycles. The van der Waals surface area contributed by atoms with Crippen LogP contribution in [0.25, 0.3) is 5.76 Å². The molecule has 1 amide bonds. The Bertz CT molecular complexity index is 1220. The van der Waals surface area contributed by atoms with Crippen LogP contribution in [0.4, 0.5) is 5.69 Å². The van der Waals surface area contributed by atoms with Gasteiger partial charge >= 0.3 is 0 Å². The topological polar surface area (TPSA) is 89.0 Å². The highest BCUT2D eigenvalue weighted by atomic mass is 35.5. The number of anilines is 1. The number of aliphatic hydroxyl groups is 1. The van der Waals surface area contributed by atoms with Crippen molar-refractivity contribution in [3.8, 4) is 11.5 Å². The molecule has 1 fully saturated rings. The predicted octanol–water partition coefficient (Wildman–Crippen LogP) is 4.09. The predicted molar refractivity (Wildman–Crippen MR) is 113 cm³/mol. The lowest BCUT2D eigenvalue weighted by Gasteiger charge is -2.25. The van der Waals surface area contributed by atoms with Gasteiger partial charge in [0.15, 0.2) is 11.5 Å². The van der Waals surface area contributed by atoms with Crippen LogP contribution < -0.4 is 14.4 Å². The Balaban J connectivity index is 1.69. The highest BCUT2D eigenvalue weighted by molar-refractivity contribution is 6.51. The number of aromatic nitrogens is 1. The zero-order valence-corrected chi connectivity index (χ0v) is 16.7. The molecular weight excluding hydrogens is 420 g/mol. The van der Waals surface area contributed by atoms with Crippen molar-refractivity contribution in [2.45, 2.75) is 6.04 Å². The van der Waals surface area contributed by atoms with Crippen molar-refractivity contribution in [3.63, 3.8) is 0 Å². The summed E-state index contributed by atoms with van der Waals surface area (Å²) in [5.41, 5.74) is 1.36. The van der Waals surface area contributed by atoms with E-state index >= 15 is 0 Å².